The minimum absolute atomic E-state index is 0.173. The lowest BCUT2D eigenvalue weighted by atomic mass is 10.2. The average molecular weight is 396 g/mol. The van der Waals surface area contributed by atoms with E-state index in [9.17, 15) is 9.59 Å². The molecule has 8 heteroatoms. The fraction of sp³-hybridized carbons (Fsp3) is 0.200. The van der Waals surface area contributed by atoms with E-state index in [0.29, 0.717) is 22.0 Å². The fourth-order valence-electron chi connectivity index (χ4n) is 2.57. The zero-order valence-electron chi connectivity index (χ0n) is 15.7. The van der Waals surface area contributed by atoms with Gasteiger partial charge in [0.2, 0.25) is 5.89 Å². The second kappa shape index (κ2) is 8.71. The number of benzene rings is 1. The molecule has 1 aromatic carbocycles. The first kappa shape index (κ1) is 19.6. The lowest BCUT2D eigenvalue weighted by Crippen LogP contribution is -2.26. The maximum Gasteiger partial charge on any atom is 0.277 e. The Hall–Kier alpha value is -3.13. The van der Waals surface area contributed by atoms with Gasteiger partial charge in [0.15, 0.2) is 5.69 Å². The van der Waals surface area contributed by atoms with Crippen LogP contribution in [0.4, 0.5) is 5.69 Å². The van der Waals surface area contributed by atoms with Crippen LogP contribution < -0.4 is 10.6 Å². The van der Waals surface area contributed by atoms with Crippen LogP contribution in [0.1, 0.15) is 45.5 Å². The summed E-state index contributed by atoms with van der Waals surface area (Å²) in [6.07, 6.45) is 3.55. The molecule has 0 aliphatic heterocycles. The van der Waals surface area contributed by atoms with Gasteiger partial charge < -0.3 is 15.1 Å². The zero-order chi connectivity index (χ0) is 20.1. The molecule has 2 aromatic heterocycles. The van der Waals surface area contributed by atoms with Gasteiger partial charge in [0.25, 0.3) is 11.8 Å². The van der Waals surface area contributed by atoms with Gasteiger partial charge in [-0.15, -0.1) is 11.8 Å². The maximum absolute atomic E-state index is 12.6. The summed E-state index contributed by atoms with van der Waals surface area (Å²) < 4.78 is 5.62. The minimum Gasteiger partial charge on any atom is -0.443 e. The number of aryl methyl sites for hydroxylation is 1. The van der Waals surface area contributed by atoms with Gasteiger partial charge in [0.05, 0.1) is 5.69 Å². The van der Waals surface area contributed by atoms with E-state index in [1.165, 1.54) is 11.8 Å². The Morgan fingerprint density at radius 1 is 1.11 bits per heavy atom. The molecule has 1 atom stereocenters. The van der Waals surface area contributed by atoms with Gasteiger partial charge in [0.1, 0.15) is 16.8 Å². The number of nitrogens with zero attached hydrogens (tertiary/aromatic N) is 2. The molecule has 0 saturated carbocycles. The average Bonchev–Trinajstić information content (AvgIpc) is 3.11. The third kappa shape index (κ3) is 4.40. The van der Waals surface area contributed by atoms with Crippen molar-refractivity contribution in [1.29, 1.82) is 0 Å². The fourth-order valence-corrected chi connectivity index (χ4v) is 3.08. The van der Waals surface area contributed by atoms with Gasteiger partial charge in [0, 0.05) is 11.8 Å². The zero-order valence-corrected chi connectivity index (χ0v) is 16.5. The Morgan fingerprint density at radius 3 is 2.57 bits per heavy atom. The lowest BCUT2D eigenvalue weighted by Gasteiger charge is -2.10. The molecule has 3 rings (SSSR count). The van der Waals surface area contributed by atoms with E-state index < -0.39 is 11.9 Å². The van der Waals surface area contributed by atoms with Gasteiger partial charge in [-0.25, -0.2) is 9.97 Å². The topological polar surface area (TPSA) is 97.1 Å². The Bertz CT molecular complexity index is 988. The van der Waals surface area contributed by atoms with Crippen molar-refractivity contribution in [3.63, 3.8) is 0 Å². The van der Waals surface area contributed by atoms with Crippen LogP contribution in [0.3, 0.4) is 0 Å². The number of thioether (sulfide) groups is 1. The van der Waals surface area contributed by atoms with E-state index in [1.807, 2.05) is 12.3 Å². The number of carbonyl (C=O) groups is 2. The summed E-state index contributed by atoms with van der Waals surface area (Å²) in [4.78, 5) is 33.4. The van der Waals surface area contributed by atoms with Crippen LogP contribution in [0, 0.1) is 6.92 Å². The highest BCUT2D eigenvalue weighted by Crippen LogP contribution is 2.23. The molecule has 0 saturated heterocycles. The lowest BCUT2D eigenvalue weighted by molar-refractivity contribution is 0.0933. The number of pyridine rings is 1. The molecule has 0 aliphatic carbocycles. The molecular weight excluding hydrogens is 376 g/mol. The summed E-state index contributed by atoms with van der Waals surface area (Å²) in [7, 11) is 0. The Balaban J connectivity index is 1.73. The first-order chi connectivity index (χ1) is 13.5. The molecule has 144 valence electrons. The highest BCUT2D eigenvalue weighted by atomic mass is 32.2. The molecule has 28 heavy (non-hydrogen) atoms. The summed E-state index contributed by atoms with van der Waals surface area (Å²) in [6.45, 7) is 3.41. The number of hydrogen-bond acceptors (Lipinski definition) is 6. The third-order valence-corrected chi connectivity index (χ3v) is 4.71. The second-order valence-electron chi connectivity index (χ2n) is 6.03. The van der Waals surface area contributed by atoms with Crippen molar-refractivity contribution in [2.24, 2.45) is 0 Å². The molecule has 0 fully saturated rings. The quantitative estimate of drug-likeness (QED) is 0.615. The van der Waals surface area contributed by atoms with E-state index in [0.717, 1.165) is 0 Å². The Morgan fingerprint density at radius 2 is 1.86 bits per heavy atom. The minimum atomic E-state index is -0.492. The van der Waals surface area contributed by atoms with E-state index in [4.69, 9.17) is 4.42 Å². The number of rotatable bonds is 6. The third-order valence-electron chi connectivity index (χ3n) is 3.99. The van der Waals surface area contributed by atoms with Crippen LogP contribution in [0.15, 0.2) is 58.1 Å². The Labute approximate surface area is 167 Å². The van der Waals surface area contributed by atoms with Crippen LogP contribution >= 0.6 is 11.8 Å². The maximum atomic E-state index is 12.6. The van der Waals surface area contributed by atoms with Gasteiger partial charge in [-0.2, -0.15) is 0 Å². The first-order valence-electron chi connectivity index (χ1n) is 8.63. The normalized spacial score (nSPS) is 11.7. The highest BCUT2D eigenvalue weighted by Gasteiger charge is 2.22. The summed E-state index contributed by atoms with van der Waals surface area (Å²) >= 11 is 1.43. The molecule has 2 N–H and O–H groups in total. The van der Waals surface area contributed by atoms with Gasteiger partial charge in [-0.1, -0.05) is 18.2 Å². The van der Waals surface area contributed by atoms with Crippen LogP contribution in [-0.2, 0) is 0 Å². The number of amides is 2. The van der Waals surface area contributed by atoms with E-state index in [2.05, 4.69) is 20.6 Å². The van der Waals surface area contributed by atoms with Gasteiger partial charge in [-0.3, -0.25) is 9.59 Å². The standard InChI is InChI=1S/C20H20N4O3S/c1-12(22-17(25)14-8-5-4-6-9-14)19-24-16(13(2)27-19)18(26)23-15-10-7-11-21-20(15)28-3/h4-12H,1-3H3,(H,22,25)(H,23,26)/t12-/m1/s1. The van der Waals surface area contributed by atoms with Crippen LogP contribution in [0.5, 0.6) is 0 Å². The smallest absolute Gasteiger partial charge is 0.277 e. The van der Waals surface area contributed by atoms with Crippen molar-refractivity contribution >= 4 is 29.3 Å². The van der Waals surface area contributed by atoms with E-state index in [1.54, 1.807) is 56.4 Å². The molecule has 0 radical (unpaired) electrons. The molecule has 2 amide bonds. The summed E-state index contributed by atoms with van der Waals surface area (Å²) in [5.74, 6) is 0.0124. The Kier molecular flexibility index (Phi) is 6.10. The monoisotopic (exact) mass is 396 g/mol. The van der Waals surface area contributed by atoms with Crippen molar-refractivity contribution in [3.05, 3.63) is 71.6 Å². The number of aromatic nitrogens is 2. The number of anilines is 1. The predicted molar refractivity (Wildman–Crippen MR) is 108 cm³/mol. The van der Waals surface area contributed by atoms with Crippen LogP contribution in [0.2, 0.25) is 0 Å². The molecule has 7 nitrogen and oxygen atoms in total. The second-order valence-corrected chi connectivity index (χ2v) is 6.83. The molecular formula is C20H20N4O3S. The molecule has 2 heterocycles. The van der Waals surface area contributed by atoms with Crippen molar-refractivity contribution in [1.82, 2.24) is 15.3 Å². The molecule has 0 unspecified atom stereocenters. The molecule has 0 bridgehead atoms. The molecule has 0 aliphatic rings. The van der Waals surface area contributed by atoms with Crippen LogP contribution in [-0.4, -0.2) is 28.0 Å². The predicted octanol–water partition coefficient (Wildman–Crippen LogP) is 3.84. The highest BCUT2D eigenvalue weighted by molar-refractivity contribution is 7.98. The largest absolute Gasteiger partial charge is 0.443 e. The summed E-state index contributed by atoms with van der Waals surface area (Å²) in [5.41, 5.74) is 1.32. The van der Waals surface area contributed by atoms with Crippen LogP contribution in [0.25, 0.3) is 0 Å². The van der Waals surface area contributed by atoms with Gasteiger partial charge >= 0.3 is 0 Å². The van der Waals surface area contributed by atoms with Crippen molar-refractivity contribution in [2.75, 3.05) is 11.6 Å². The van der Waals surface area contributed by atoms with E-state index in [-0.39, 0.29) is 17.5 Å². The molecule has 3 aromatic rings. The van der Waals surface area contributed by atoms with Crippen molar-refractivity contribution in [2.45, 2.75) is 24.9 Å². The number of oxazole rings is 1. The first-order valence-corrected chi connectivity index (χ1v) is 9.85. The van der Waals surface area contributed by atoms with Crippen molar-refractivity contribution in [3.8, 4) is 0 Å². The summed E-state index contributed by atoms with van der Waals surface area (Å²) in [5, 5.41) is 6.33. The van der Waals surface area contributed by atoms with Gasteiger partial charge in [-0.05, 0) is 44.4 Å². The van der Waals surface area contributed by atoms with E-state index >= 15 is 0 Å². The number of hydrogen-bond donors (Lipinski definition) is 2. The molecule has 0 spiro atoms. The number of nitrogens with one attached hydrogen (secondary N) is 2. The number of carbonyl (C=O) groups excluding carboxylic acids is 2. The summed E-state index contributed by atoms with van der Waals surface area (Å²) in [6, 6.07) is 11.9. The SMILES string of the molecule is CSc1ncccc1NC(=O)c1nc([C@@H](C)NC(=O)c2ccccc2)oc1C. The van der Waals surface area contributed by atoms with Crippen molar-refractivity contribution < 1.29 is 14.0 Å².